The monoisotopic (exact) mass is 490 g/mol. The number of hydrogen-bond donors (Lipinski definition) is 3. The maximum Gasteiger partial charge on any atom is 0.170 e. The molecular weight excluding hydrogens is 460 g/mol. The van der Waals surface area contributed by atoms with Crippen LogP contribution in [-0.2, 0) is 24.7 Å². The van der Waals surface area contributed by atoms with E-state index in [0.717, 1.165) is 29.8 Å². The summed E-state index contributed by atoms with van der Waals surface area (Å²) in [7, 11) is -3.40. The van der Waals surface area contributed by atoms with E-state index in [-0.39, 0.29) is 12.0 Å². The van der Waals surface area contributed by atoms with E-state index in [1.54, 1.807) is 13.8 Å². The molecule has 1 saturated heterocycles. The van der Waals surface area contributed by atoms with E-state index in [9.17, 15) is 8.42 Å². The molecule has 0 unspecified atom stereocenters. The molecule has 2 atom stereocenters. The molecule has 8 nitrogen and oxygen atoms in total. The number of anilines is 1. The summed E-state index contributed by atoms with van der Waals surface area (Å²) in [6, 6.07) is 9.40. The summed E-state index contributed by atoms with van der Waals surface area (Å²) < 4.78 is 29.6. The molecule has 178 valence electrons. The van der Waals surface area contributed by atoms with Gasteiger partial charge in [0.05, 0.1) is 24.6 Å². The molecule has 1 aromatic heterocycles. The molecule has 1 saturated carbocycles. The number of aromatic nitrogens is 2. The van der Waals surface area contributed by atoms with Crippen molar-refractivity contribution in [2.24, 2.45) is 5.92 Å². The molecule has 4 rings (SSSR count). The minimum atomic E-state index is -3.40. The summed E-state index contributed by atoms with van der Waals surface area (Å²) in [5.41, 5.74) is 2.94. The lowest BCUT2D eigenvalue weighted by Crippen LogP contribution is -2.31. The number of sulfone groups is 1. The zero-order chi connectivity index (χ0) is 23.9. The lowest BCUT2D eigenvalue weighted by Gasteiger charge is -2.26. The summed E-state index contributed by atoms with van der Waals surface area (Å²) in [5, 5.41) is 15.3. The molecule has 33 heavy (non-hydrogen) atoms. The number of aliphatic hydroxyl groups excluding tert-OH is 1. The molecule has 0 bridgehead atoms. The third-order valence-corrected chi connectivity index (χ3v) is 9.13. The number of benzene rings is 1. The summed E-state index contributed by atoms with van der Waals surface area (Å²) in [6.45, 7) is 5.15. The van der Waals surface area contributed by atoms with Gasteiger partial charge in [-0.25, -0.2) is 18.4 Å². The van der Waals surface area contributed by atoms with Crippen LogP contribution in [0, 0.1) is 5.92 Å². The van der Waals surface area contributed by atoms with Gasteiger partial charge in [-0.2, -0.15) is 0 Å². The van der Waals surface area contributed by atoms with Crippen LogP contribution < -0.4 is 10.6 Å². The molecular formula is C23H30N4O4S2. The Bertz CT molecular complexity index is 1150. The Morgan fingerprint density at radius 3 is 2.67 bits per heavy atom. The first kappa shape index (κ1) is 24.0. The fraction of sp³-hybridized carbons (Fsp3) is 0.522. The van der Waals surface area contributed by atoms with Gasteiger partial charge < -0.3 is 20.5 Å². The van der Waals surface area contributed by atoms with Crippen LogP contribution in [0.25, 0.3) is 11.4 Å². The average molecular weight is 491 g/mol. The molecule has 1 aliphatic heterocycles. The van der Waals surface area contributed by atoms with E-state index >= 15 is 0 Å². The number of nitrogens with zero attached hydrogens (tertiary/aromatic N) is 2. The van der Waals surface area contributed by atoms with Gasteiger partial charge in [0.1, 0.15) is 4.75 Å². The standard InChI is InChI=1S/C23H30N4O4S2/c1-22(2,33(3,29)30)18-12-19(23-8-11-31-14-16(23)13-23)27-20(26-18)15-4-6-17(7-5-15)25-21(32)24-9-10-28/h4-7,12,16,28H,8-11,13-14H2,1-3H3,(H2,24,25,32)/t16-,23+/m1/s1. The lowest BCUT2D eigenvalue weighted by atomic mass is 9.92. The number of ether oxygens (including phenoxy) is 1. The van der Waals surface area contributed by atoms with Gasteiger partial charge in [-0.05, 0) is 75.2 Å². The van der Waals surface area contributed by atoms with Gasteiger partial charge in [-0.15, -0.1) is 0 Å². The van der Waals surface area contributed by atoms with Crippen molar-refractivity contribution >= 4 is 32.9 Å². The molecule has 10 heteroatoms. The highest BCUT2D eigenvalue weighted by atomic mass is 32.2. The topological polar surface area (TPSA) is 113 Å². The van der Waals surface area contributed by atoms with E-state index in [2.05, 4.69) is 10.6 Å². The highest BCUT2D eigenvalue weighted by Gasteiger charge is 2.58. The van der Waals surface area contributed by atoms with Crippen molar-refractivity contribution < 1.29 is 18.3 Å². The van der Waals surface area contributed by atoms with Crippen molar-refractivity contribution in [1.29, 1.82) is 0 Å². The normalized spacial score (nSPS) is 22.4. The number of nitrogens with one attached hydrogen (secondary N) is 2. The van der Waals surface area contributed by atoms with Crippen molar-refractivity contribution in [3.05, 3.63) is 41.7 Å². The number of aliphatic hydroxyl groups is 1. The van der Waals surface area contributed by atoms with E-state index in [0.29, 0.717) is 42.3 Å². The summed E-state index contributed by atoms with van der Waals surface area (Å²) >= 11 is 5.20. The summed E-state index contributed by atoms with van der Waals surface area (Å²) in [6.07, 6.45) is 3.13. The number of fused-ring (bicyclic) bond motifs is 1. The quantitative estimate of drug-likeness (QED) is 0.503. The van der Waals surface area contributed by atoms with Crippen molar-refractivity contribution in [1.82, 2.24) is 15.3 Å². The van der Waals surface area contributed by atoms with Crippen LogP contribution in [0.4, 0.5) is 5.69 Å². The molecule has 1 aromatic carbocycles. The minimum absolute atomic E-state index is 0.00489. The highest BCUT2D eigenvalue weighted by molar-refractivity contribution is 7.91. The van der Waals surface area contributed by atoms with E-state index in [4.69, 9.17) is 32.0 Å². The van der Waals surface area contributed by atoms with Crippen LogP contribution in [0.3, 0.4) is 0 Å². The van der Waals surface area contributed by atoms with Crippen LogP contribution in [-0.4, -0.2) is 61.2 Å². The maximum atomic E-state index is 12.6. The average Bonchev–Trinajstić information content (AvgIpc) is 3.53. The molecule has 0 amide bonds. The molecule has 1 aliphatic carbocycles. The Kier molecular flexibility index (Phi) is 6.47. The summed E-state index contributed by atoms with van der Waals surface area (Å²) in [4.78, 5) is 9.63. The first-order valence-electron chi connectivity index (χ1n) is 11.0. The Morgan fingerprint density at radius 1 is 1.30 bits per heavy atom. The first-order valence-corrected chi connectivity index (χ1v) is 13.3. The second-order valence-electron chi connectivity index (χ2n) is 9.31. The highest BCUT2D eigenvalue weighted by Crippen LogP contribution is 2.58. The number of rotatable bonds is 7. The maximum absolute atomic E-state index is 12.6. The molecule has 0 spiro atoms. The number of thiocarbonyl (C=S) groups is 1. The predicted octanol–water partition coefficient (Wildman–Crippen LogP) is 2.38. The SMILES string of the molecule is CC(C)(c1cc([C@]23CCOC[C@H]2C3)nc(-c2ccc(NC(=S)NCCO)cc2)n1)S(C)(=O)=O. The smallest absolute Gasteiger partial charge is 0.170 e. The Labute approximate surface area is 200 Å². The van der Waals surface area contributed by atoms with Crippen LogP contribution in [0.2, 0.25) is 0 Å². The third kappa shape index (κ3) is 4.75. The Hall–Kier alpha value is -2.14. The summed E-state index contributed by atoms with van der Waals surface area (Å²) in [5.74, 6) is 0.931. The van der Waals surface area contributed by atoms with Gasteiger partial charge in [0, 0.05) is 36.1 Å². The van der Waals surface area contributed by atoms with Crippen LogP contribution >= 0.6 is 12.2 Å². The van der Waals surface area contributed by atoms with Gasteiger partial charge in [0.15, 0.2) is 20.8 Å². The van der Waals surface area contributed by atoms with Gasteiger partial charge in [0.25, 0.3) is 0 Å². The Balaban J connectivity index is 1.70. The van der Waals surface area contributed by atoms with Crippen molar-refractivity contribution in [3.8, 4) is 11.4 Å². The zero-order valence-electron chi connectivity index (χ0n) is 19.1. The van der Waals surface area contributed by atoms with E-state index < -0.39 is 14.6 Å². The van der Waals surface area contributed by atoms with Crippen molar-refractivity contribution in [2.75, 3.05) is 37.9 Å². The molecule has 2 aliphatic rings. The second kappa shape index (κ2) is 8.90. The van der Waals surface area contributed by atoms with Crippen molar-refractivity contribution in [2.45, 2.75) is 36.9 Å². The van der Waals surface area contributed by atoms with Gasteiger partial charge in [-0.1, -0.05) is 0 Å². The Morgan fingerprint density at radius 2 is 2.03 bits per heavy atom. The fourth-order valence-electron chi connectivity index (χ4n) is 4.20. The predicted molar refractivity (Wildman–Crippen MR) is 132 cm³/mol. The molecule has 0 radical (unpaired) electrons. The molecule has 2 fully saturated rings. The second-order valence-corrected chi connectivity index (χ2v) is 12.3. The largest absolute Gasteiger partial charge is 0.395 e. The van der Waals surface area contributed by atoms with Crippen LogP contribution in [0.1, 0.15) is 38.1 Å². The zero-order valence-corrected chi connectivity index (χ0v) is 20.7. The lowest BCUT2D eigenvalue weighted by molar-refractivity contribution is 0.0794. The van der Waals surface area contributed by atoms with Crippen LogP contribution in [0.15, 0.2) is 30.3 Å². The van der Waals surface area contributed by atoms with Gasteiger partial charge in [-0.3, -0.25) is 0 Å². The third-order valence-electron chi connectivity index (χ3n) is 6.82. The van der Waals surface area contributed by atoms with Crippen molar-refractivity contribution in [3.63, 3.8) is 0 Å². The van der Waals surface area contributed by atoms with E-state index in [1.807, 2.05) is 30.3 Å². The molecule has 2 aromatic rings. The fourth-order valence-corrected chi connectivity index (χ4v) is 4.91. The number of hydrogen-bond acceptors (Lipinski definition) is 7. The van der Waals surface area contributed by atoms with Crippen LogP contribution in [0.5, 0.6) is 0 Å². The van der Waals surface area contributed by atoms with Gasteiger partial charge >= 0.3 is 0 Å². The van der Waals surface area contributed by atoms with Gasteiger partial charge in [0.2, 0.25) is 0 Å². The molecule has 3 N–H and O–H groups in total. The molecule has 2 heterocycles. The van der Waals surface area contributed by atoms with E-state index in [1.165, 1.54) is 6.26 Å². The first-order chi connectivity index (χ1) is 15.6. The minimum Gasteiger partial charge on any atom is -0.395 e.